The molecule has 1 unspecified atom stereocenters. The van der Waals surface area contributed by atoms with Crippen LogP contribution in [-0.2, 0) is 14.3 Å². The highest BCUT2D eigenvalue weighted by molar-refractivity contribution is 5.80. The zero-order chi connectivity index (χ0) is 15.5. The lowest BCUT2D eigenvalue weighted by molar-refractivity contribution is -0.151. The molecule has 2 aliphatic rings. The highest BCUT2D eigenvalue weighted by atomic mass is 16.5. The maximum absolute atomic E-state index is 12.3. The standard InChI is InChI=1S/C16H30N2O3/c1-5-20-15(19)16(4,17-14-6-7-14)8-9-18-10-12(2)21-13(3)11-18/h12-14,17H,5-11H2,1-4H3/t12-,13+,16?. The molecule has 21 heavy (non-hydrogen) atoms. The van der Waals surface area contributed by atoms with Crippen molar-refractivity contribution in [2.24, 2.45) is 0 Å². The van der Waals surface area contributed by atoms with Gasteiger partial charge in [0.05, 0.1) is 18.8 Å². The molecule has 1 heterocycles. The van der Waals surface area contributed by atoms with Crippen molar-refractivity contribution < 1.29 is 14.3 Å². The highest BCUT2D eigenvalue weighted by Crippen LogP contribution is 2.25. The zero-order valence-electron chi connectivity index (χ0n) is 13.9. The predicted octanol–water partition coefficient (Wildman–Crippen LogP) is 1.56. The molecule has 0 amide bonds. The Kier molecular flexibility index (Phi) is 5.63. The Bertz CT molecular complexity index is 349. The smallest absolute Gasteiger partial charge is 0.326 e. The van der Waals surface area contributed by atoms with E-state index in [0.717, 1.165) is 26.1 Å². The number of hydrogen-bond donors (Lipinski definition) is 1. The first-order valence-corrected chi connectivity index (χ1v) is 8.25. The number of carbonyl (C=O) groups excluding carboxylic acids is 1. The molecular weight excluding hydrogens is 268 g/mol. The summed E-state index contributed by atoms with van der Waals surface area (Å²) in [6.45, 7) is 11.3. The lowest BCUT2D eigenvalue weighted by Gasteiger charge is -2.37. The molecule has 0 bridgehead atoms. The van der Waals surface area contributed by atoms with Gasteiger partial charge >= 0.3 is 5.97 Å². The van der Waals surface area contributed by atoms with Gasteiger partial charge in [0.15, 0.2) is 0 Å². The van der Waals surface area contributed by atoms with Crippen LogP contribution in [0.3, 0.4) is 0 Å². The van der Waals surface area contributed by atoms with Crippen molar-refractivity contribution in [1.82, 2.24) is 10.2 Å². The number of ether oxygens (including phenoxy) is 2. The normalized spacial score (nSPS) is 29.9. The van der Waals surface area contributed by atoms with Crippen molar-refractivity contribution in [2.45, 2.75) is 70.7 Å². The third-order valence-electron chi connectivity index (χ3n) is 4.25. The Morgan fingerprint density at radius 3 is 2.48 bits per heavy atom. The fourth-order valence-electron chi connectivity index (χ4n) is 3.05. The molecule has 5 nitrogen and oxygen atoms in total. The quantitative estimate of drug-likeness (QED) is 0.723. The molecule has 0 radical (unpaired) electrons. The molecule has 2 rings (SSSR count). The molecule has 1 aliphatic heterocycles. The maximum Gasteiger partial charge on any atom is 0.326 e. The van der Waals surface area contributed by atoms with Crippen molar-refractivity contribution in [1.29, 1.82) is 0 Å². The van der Waals surface area contributed by atoms with Gasteiger partial charge in [0.2, 0.25) is 0 Å². The second-order valence-electron chi connectivity index (χ2n) is 6.74. The third-order valence-corrected chi connectivity index (χ3v) is 4.25. The monoisotopic (exact) mass is 298 g/mol. The van der Waals surface area contributed by atoms with E-state index in [1.54, 1.807) is 0 Å². The van der Waals surface area contributed by atoms with Gasteiger partial charge in [-0.05, 0) is 47.0 Å². The number of esters is 1. The predicted molar refractivity (Wildman–Crippen MR) is 82.3 cm³/mol. The molecule has 0 aromatic rings. The topological polar surface area (TPSA) is 50.8 Å². The van der Waals surface area contributed by atoms with Crippen LogP contribution in [-0.4, -0.2) is 60.9 Å². The largest absolute Gasteiger partial charge is 0.465 e. The van der Waals surface area contributed by atoms with Gasteiger partial charge in [-0.1, -0.05) is 0 Å². The summed E-state index contributed by atoms with van der Waals surface area (Å²) in [4.78, 5) is 14.7. The number of nitrogens with one attached hydrogen (secondary N) is 1. The van der Waals surface area contributed by atoms with Crippen LogP contribution < -0.4 is 5.32 Å². The van der Waals surface area contributed by atoms with Crippen molar-refractivity contribution >= 4 is 5.97 Å². The van der Waals surface area contributed by atoms with Crippen molar-refractivity contribution in [2.75, 3.05) is 26.2 Å². The fourth-order valence-corrected chi connectivity index (χ4v) is 3.05. The number of nitrogens with zero attached hydrogens (tertiary/aromatic N) is 1. The Morgan fingerprint density at radius 1 is 1.33 bits per heavy atom. The zero-order valence-corrected chi connectivity index (χ0v) is 13.9. The van der Waals surface area contributed by atoms with Crippen molar-refractivity contribution in [3.63, 3.8) is 0 Å². The van der Waals surface area contributed by atoms with Gasteiger partial charge in [0.1, 0.15) is 5.54 Å². The van der Waals surface area contributed by atoms with E-state index < -0.39 is 5.54 Å². The minimum Gasteiger partial charge on any atom is -0.465 e. The first-order valence-electron chi connectivity index (χ1n) is 8.25. The molecule has 3 atom stereocenters. The fraction of sp³-hybridized carbons (Fsp3) is 0.938. The van der Waals surface area contributed by atoms with Gasteiger partial charge in [0, 0.05) is 25.7 Å². The van der Waals surface area contributed by atoms with E-state index in [9.17, 15) is 4.79 Å². The molecule has 0 aromatic carbocycles. The Morgan fingerprint density at radius 2 is 1.95 bits per heavy atom. The van der Waals surface area contributed by atoms with Crippen LogP contribution in [0.25, 0.3) is 0 Å². The maximum atomic E-state index is 12.3. The summed E-state index contributed by atoms with van der Waals surface area (Å²) in [6, 6.07) is 0.488. The minimum atomic E-state index is -0.568. The molecule has 2 fully saturated rings. The number of rotatable bonds is 7. The number of carbonyl (C=O) groups is 1. The summed E-state index contributed by atoms with van der Waals surface area (Å²) in [5.41, 5.74) is -0.568. The van der Waals surface area contributed by atoms with E-state index in [1.807, 2.05) is 13.8 Å². The van der Waals surface area contributed by atoms with Gasteiger partial charge in [-0.15, -0.1) is 0 Å². The van der Waals surface area contributed by atoms with E-state index in [1.165, 1.54) is 12.8 Å². The molecule has 0 aromatic heterocycles. The first kappa shape index (κ1) is 16.7. The Hall–Kier alpha value is -0.650. The molecule has 122 valence electrons. The van der Waals surface area contributed by atoms with Gasteiger partial charge in [-0.25, -0.2) is 0 Å². The molecular formula is C16H30N2O3. The number of hydrogen-bond acceptors (Lipinski definition) is 5. The average molecular weight is 298 g/mol. The van der Waals surface area contributed by atoms with E-state index >= 15 is 0 Å². The van der Waals surface area contributed by atoms with Crippen LogP contribution in [0.1, 0.15) is 47.0 Å². The summed E-state index contributed by atoms with van der Waals surface area (Å²) in [6.07, 6.45) is 3.64. The third kappa shape index (κ3) is 4.94. The summed E-state index contributed by atoms with van der Waals surface area (Å²) < 4.78 is 11.0. The van der Waals surface area contributed by atoms with Gasteiger partial charge < -0.3 is 9.47 Å². The molecule has 1 saturated heterocycles. The van der Waals surface area contributed by atoms with E-state index in [0.29, 0.717) is 12.6 Å². The van der Waals surface area contributed by atoms with Crippen LogP contribution in [0.4, 0.5) is 0 Å². The van der Waals surface area contributed by atoms with Gasteiger partial charge in [-0.2, -0.15) is 0 Å². The van der Waals surface area contributed by atoms with Gasteiger partial charge in [-0.3, -0.25) is 15.0 Å². The van der Waals surface area contributed by atoms with E-state index in [-0.39, 0.29) is 18.2 Å². The SMILES string of the molecule is CCOC(=O)C(C)(CCN1C[C@@H](C)O[C@@H](C)C1)NC1CC1. The lowest BCUT2D eigenvalue weighted by Crippen LogP contribution is -2.54. The van der Waals surface area contributed by atoms with Crippen LogP contribution >= 0.6 is 0 Å². The first-order chi connectivity index (χ1) is 9.93. The highest BCUT2D eigenvalue weighted by Gasteiger charge is 2.40. The Balaban J connectivity index is 1.90. The molecule has 0 spiro atoms. The molecule has 5 heteroatoms. The number of morpholine rings is 1. The van der Waals surface area contributed by atoms with Crippen molar-refractivity contribution in [3.05, 3.63) is 0 Å². The van der Waals surface area contributed by atoms with Crippen LogP contribution in [0.15, 0.2) is 0 Å². The second-order valence-corrected chi connectivity index (χ2v) is 6.74. The average Bonchev–Trinajstić information content (AvgIpc) is 3.19. The molecule has 1 aliphatic carbocycles. The van der Waals surface area contributed by atoms with Crippen LogP contribution in [0, 0.1) is 0 Å². The second kappa shape index (κ2) is 7.07. The van der Waals surface area contributed by atoms with Crippen molar-refractivity contribution in [3.8, 4) is 0 Å². The summed E-state index contributed by atoms with van der Waals surface area (Å²) in [5.74, 6) is -0.119. The van der Waals surface area contributed by atoms with E-state index in [2.05, 4.69) is 24.1 Å². The Labute approximate surface area is 128 Å². The van der Waals surface area contributed by atoms with Gasteiger partial charge in [0.25, 0.3) is 0 Å². The van der Waals surface area contributed by atoms with Crippen LogP contribution in [0.2, 0.25) is 0 Å². The lowest BCUT2D eigenvalue weighted by atomic mass is 9.96. The van der Waals surface area contributed by atoms with Crippen LogP contribution in [0.5, 0.6) is 0 Å². The van der Waals surface area contributed by atoms with E-state index in [4.69, 9.17) is 9.47 Å². The summed E-state index contributed by atoms with van der Waals surface area (Å²) in [7, 11) is 0. The summed E-state index contributed by atoms with van der Waals surface area (Å²) in [5, 5.41) is 3.48. The molecule has 1 saturated carbocycles. The summed E-state index contributed by atoms with van der Waals surface area (Å²) >= 11 is 0. The minimum absolute atomic E-state index is 0.119. The molecule has 1 N–H and O–H groups in total.